The molecule has 0 radical (unpaired) electrons. The van der Waals surface area contributed by atoms with Crippen molar-refractivity contribution in [2.75, 3.05) is 4.90 Å². The molecule has 0 aliphatic carbocycles. The maximum atomic E-state index is 5.15. The van der Waals surface area contributed by atoms with Gasteiger partial charge in [-0.15, -0.1) is 0 Å². The van der Waals surface area contributed by atoms with Crippen molar-refractivity contribution in [3.05, 3.63) is 162 Å². The molecule has 2 atom stereocenters. The summed E-state index contributed by atoms with van der Waals surface area (Å²) in [6.45, 7) is 4.78. The van der Waals surface area contributed by atoms with Crippen LogP contribution in [0, 0.1) is 0 Å². The number of anilines is 2. The first-order valence-corrected chi connectivity index (χ1v) is 17.2. The van der Waals surface area contributed by atoms with Crippen LogP contribution in [-0.4, -0.2) is 15.3 Å². The molecule has 3 aliphatic heterocycles. The van der Waals surface area contributed by atoms with Crippen LogP contribution in [0.15, 0.2) is 144 Å². The van der Waals surface area contributed by atoms with E-state index < -0.39 is 0 Å². The lowest BCUT2D eigenvalue weighted by Gasteiger charge is -2.42. The third kappa shape index (κ3) is 3.88. The molecule has 4 heteroatoms. The number of rotatable bonds is 3. The minimum atomic E-state index is -0.139. The second-order valence-electron chi connectivity index (χ2n) is 13.4. The van der Waals surface area contributed by atoms with Gasteiger partial charge in [0, 0.05) is 38.4 Å². The fourth-order valence-electron chi connectivity index (χ4n) is 8.12. The smallest absolute Gasteiger partial charge is 0.160 e. The van der Waals surface area contributed by atoms with Crippen LogP contribution in [0.25, 0.3) is 44.7 Å². The second kappa shape index (κ2) is 9.90. The third-order valence-electron chi connectivity index (χ3n) is 10.4. The van der Waals surface area contributed by atoms with Gasteiger partial charge in [-0.1, -0.05) is 135 Å². The number of benzene rings is 6. The minimum absolute atomic E-state index is 0.139. The van der Waals surface area contributed by atoms with E-state index in [4.69, 9.17) is 9.97 Å². The minimum Gasteiger partial charge on any atom is -0.327 e. The SMILES string of the molecule is CC1(C)c2cc(-c3cccc(-c4nc(-c5ccccc5)c5ccccc5n4)c3)ccc2N2c3c(cccc31)C1c3ccccc3SC12. The Morgan fingerprint density at radius 1 is 0.596 bits per heavy atom. The molecule has 0 saturated carbocycles. The average molecular weight is 622 g/mol. The molecule has 0 bridgehead atoms. The first-order valence-electron chi connectivity index (χ1n) is 16.3. The Bertz CT molecular complexity index is 2400. The topological polar surface area (TPSA) is 29.0 Å². The van der Waals surface area contributed by atoms with Crippen molar-refractivity contribution in [3.63, 3.8) is 0 Å². The molecule has 7 aromatic rings. The second-order valence-corrected chi connectivity index (χ2v) is 14.5. The molecule has 0 fully saturated rings. The maximum Gasteiger partial charge on any atom is 0.160 e. The summed E-state index contributed by atoms with van der Waals surface area (Å²) in [6, 6.07) is 50.5. The van der Waals surface area contributed by atoms with Crippen LogP contribution in [0.2, 0.25) is 0 Å². The summed E-state index contributed by atoms with van der Waals surface area (Å²) in [5.74, 6) is 1.12. The van der Waals surface area contributed by atoms with Gasteiger partial charge in [0.25, 0.3) is 0 Å². The van der Waals surface area contributed by atoms with Gasteiger partial charge in [0.15, 0.2) is 5.82 Å². The van der Waals surface area contributed by atoms with Gasteiger partial charge >= 0.3 is 0 Å². The fraction of sp³-hybridized carbons (Fsp3) is 0.116. The van der Waals surface area contributed by atoms with Crippen LogP contribution >= 0.6 is 11.8 Å². The van der Waals surface area contributed by atoms with Crippen molar-refractivity contribution in [1.29, 1.82) is 0 Å². The maximum absolute atomic E-state index is 5.15. The molecular formula is C43H31N3S. The number of fused-ring (bicyclic) bond motifs is 8. The van der Waals surface area contributed by atoms with Gasteiger partial charge in [0.05, 0.1) is 22.3 Å². The predicted molar refractivity (Wildman–Crippen MR) is 194 cm³/mol. The first kappa shape index (κ1) is 27.0. The summed E-state index contributed by atoms with van der Waals surface area (Å²) in [5, 5.41) is 1.39. The van der Waals surface area contributed by atoms with Gasteiger partial charge in [-0.3, -0.25) is 0 Å². The standard InChI is InChI=1S/C43H31N3S/c1-43(2)33-19-11-18-32-38-31-17-7-9-21-37(31)47-42(38)46(40(32)33)36-23-22-28(25-34(36)43)27-14-10-15-29(24-27)41-44-35-20-8-6-16-30(35)39(45-41)26-12-4-3-5-13-26/h3-25,38,42H,1-2H3. The molecule has 0 saturated heterocycles. The molecule has 47 heavy (non-hydrogen) atoms. The van der Waals surface area contributed by atoms with Crippen molar-refractivity contribution in [3.8, 4) is 33.8 Å². The molecule has 0 amide bonds. The van der Waals surface area contributed by atoms with Crippen molar-refractivity contribution in [2.45, 2.75) is 35.4 Å². The van der Waals surface area contributed by atoms with Crippen molar-refractivity contribution < 1.29 is 0 Å². The summed E-state index contributed by atoms with van der Waals surface area (Å²) in [4.78, 5) is 14.2. The zero-order valence-electron chi connectivity index (χ0n) is 26.2. The lowest BCUT2D eigenvalue weighted by atomic mass is 9.72. The van der Waals surface area contributed by atoms with Crippen LogP contribution in [0.4, 0.5) is 11.4 Å². The van der Waals surface area contributed by atoms with Crippen LogP contribution < -0.4 is 4.90 Å². The number of thioether (sulfide) groups is 1. The highest BCUT2D eigenvalue weighted by Gasteiger charge is 2.51. The molecule has 3 aliphatic rings. The summed E-state index contributed by atoms with van der Waals surface area (Å²) < 4.78 is 0. The molecule has 224 valence electrons. The largest absolute Gasteiger partial charge is 0.327 e. The van der Waals surface area contributed by atoms with Crippen LogP contribution in [0.1, 0.15) is 42.0 Å². The molecule has 6 aromatic carbocycles. The third-order valence-corrected chi connectivity index (χ3v) is 11.7. The van der Waals surface area contributed by atoms with Gasteiger partial charge in [-0.05, 0) is 63.7 Å². The lowest BCUT2D eigenvalue weighted by Crippen LogP contribution is -2.34. The molecule has 10 rings (SSSR count). The summed E-state index contributed by atoms with van der Waals surface area (Å²) in [5.41, 5.74) is 14.7. The number of para-hydroxylation sites is 2. The van der Waals surface area contributed by atoms with E-state index in [1.165, 1.54) is 49.7 Å². The van der Waals surface area contributed by atoms with Gasteiger partial charge < -0.3 is 4.90 Å². The average Bonchev–Trinajstić information content (AvgIpc) is 3.66. The van der Waals surface area contributed by atoms with Crippen LogP contribution in [0.5, 0.6) is 0 Å². The van der Waals surface area contributed by atoms with Crippen molar-refractivity contribution >= 4 is 34.0 Å². The Hall–Kier alpha value is -5.19. The highest BCUT2D eigenvalue weighted by atomic mass is 32.2. The van der Waals surface area contributed by atoms with E-state index in [1.54, 1.807) is 0 Å². The Morgan fingerprint density at radius 2 is 1.32 bits per heavy atom. The summed E-state index contributed by atoms with van der Waals surface area (Å²) in [7, 11) is 0. The van der Waals surface area contributed by atoms with Crippen LogP contribution in [0.3, 0.4) is 0 Å². The van der Waals surface area contributed by atoms with Gasteiger partial charge in [-0.2, -0.15) is 0 Å². The number of nitrogens with zero attached hydrogens (tertiary/aromatic N) is 3. The van der Waals surface area contributed by atoms with Gasteiger partial charge in [-0.25, -0.2) is 9.97 Å². The zero-order valence-corrected chi connectivity index (χ0v) is 27.0. The van der Waals surface area contributed by atoms with Gasteiger partial charge in [0.1, 0.15) is 0 Å². The first-order chi connectivity index (χ1) is 23.1. The monoisotopic (exact) mass is 621 g/mol. The van der Waals surface area contributed by atoms with E-state index in [2.05, 4.69) is 146 Å². The highest BCUT2D eigenvalue weighted by molar-refractivity contribution is 8.00. The highest BCUT2D eigenvalue weighted by Crippen LogP contribution is 2.64. The Kier molecular flexibility index (Phi) is 5.68. The molecule has 0 N–H and O–H groups in total. The van der Waals surface area contributed by atoms with E-state index >= 15 is 0 Å². The summed E-state index contributed by atoms with van der Waals surface area (Å²) >= 11 is 2.01. The predicted octanol–water partition coefficient (Wildman–Crippen LogP) is 11.0. The van der Waals surface area contributed by atoms with E-state index in [1.807, 2.05) is 23.9 Å². The Labute approximate surface area is 279 Å². The summed E-state index contributed by atoms with van der Waals surface area (Å²) in [6.07, 6.45) is 0. The van der Waals surface area contributed by atoms with E-state index in [-0.39, 0.29) is 5.41 Å². The lowest BCUT2D eigenvalue weighted by molar-refractivity contribution is 0.627. The van der Waals surface area contributed by atoms with Crippen molar-refractivity contribution in [1.82, 2.24) is 9.97 Å². The number of aromatic nitrogens is 2. The quantitative estimate of drug-likeness (QED) is 0.196. The zero-order chi connectivity index (χ0) is 31.3. The van der Waals surface area contributed by atoms with Crippen molar-refractivity contribution in [2.24, 2.45) is 0 Å². The Morgan fingerprint density at radius 3 is 2.23 bits per heavy atom. The Balaban J connectivity index is 1.09. The molecule has 2 unspecified atom stereocenters. The molecule has 0 spiro atoms. The molecular weight excluding hydrogens is 591 g/mol. The molecule has 1 aromatic heterocycles. The number of hydrogen-bond acceptors (Lipinski definition) is 4. The molecule has 3 nitrogen and oxygen atoms in total. The van der Waals surface area contributed by atoms with E-state index in [9.17, 15) is 0 Å². The number of hydrogen-bond donors (Lipinski definition) is 0. The normalized spacial score (nSPS) is 18.0. The fourth-order valence-corrected chi connectivity index (χ4v) is 9.62. The van der Waals surface area contributed by atoms with Gasteiger partial charge in [0.2, 0.25) is 0 Å². The van der Waals surface area contributed by atoms with Crippen LogP contribution in [-0.2, 0) is 5.41 Å². The van der Waals surface area contributed by atoms with E-state index in [0.717, 1.165) is 33.5 Å². The van der Waals surface area contributed by atoms with E-state index in [0.29, 0.717) is 11.3 Å². The molecule has 4 heterocycles.